The van der Waals surface area contributed by atoms with Gasteiger partial charge in [0.05, 0.1) is 11.3 Å². The van der Waals surface area contributed by atoms with Gasteiger partial charge in [-0.05, 0) is 11.6 Å². The Morgan fingerprint density at radius 3 is 2.93 bits per heavy atom. The predicted octanol–water partition coefficient (Wildman–Crippen LogP) is 2.92. The summed E-state index contributed by atoms with van der Waals surface area (Å²) in [6.07, 6.45) is 0.536. The number of para-hydroxylation sites is 1. The second-order valence-electron chi connectivity index (χ2n) is 3.21. The highest BCUT2D eigenvalue weighted by atomic mass is 19.1. The van der Waals surface area contributed by atoms with Crippen LogP contribution >= 0.6 is 0 Å². The molecular weight excluding hydrogens is 181 g/mol. The van der Waals surface area contributed by atoms with Gasteiger partial charge in [0.2, 0.25) is 5.95 Å². The molecule has 0 aromatic heterocycles. The van der Waals surface area contributed by atoms with E-state index in [2.05, 4.69) is 15.2 Å². The molecule has 0 unspecified atom stereocenters. The van der Waals surface area contributed by atoms with Crippen molar-refractivity contribution in [2.24, 2.45) is 15.2 Å². The number of aliphatic imine (C=N–C) groups is 1. The molecule has 2 heterocycles. The Kier molecular flexibility index (Phi) is 1.39. The average molecular weight is 187 g/mol. The molecular formula is C10H6FN3. The van der Waals surface area contributed by atoms with Crippen LogP contribution in [0.3, 0.4) is 0 Å². The van der Waals surface area contributed by atoms with Crippen LogP contribution in [0, 0.1) is 0 Å². The number of benzene rings is 1. The summed E-state index contributed by atoms with van der Waals surface area (Å²) < 4.78 is 13.1. The van der Waals surface area contributed by atoms with Crippen molar-refractivity contribution in [1.82, 2.24) is 0 Å². The summed E-state index contributed by atoms with van der Waals surface area (Å²) in [6, 6.07) is 7.65. The highest BCUT2D eigenvalue weighted by molar-refractivity contribution is 6.04. The van der Waals surface area contributed by atoms with Gasteiger partial charge in [-0.1, -0.05) is 18.2 Å². The standard InChI is InChI=1S/C10H6FN3/c11-9-7-5-6-3-1-2-4-8(6)12-10(7)14-13-9/h1-4H,5H2. The minimum Gasteiger partial charge on any atom is -0.227 e. The molecule has 0 saturated carbocycles. The lowest BCUT2D eigenvalue weighted by Gasteiger charge is -2.11. The predicted molar refractivity (Wildman–Crippen MR) is 50.2 cm³/mol. The Morgan fingerprint density at radius 2 is 2.00 bits per heavy atom. The quantitative estimate of drug-likeness (QED) is 0.560. The zero-order chi connectivity index (χ0) is 9.54. The molecule has 0 fully saturated rings. The molecule has 0 spiro atoms. The fourth-order valence-corrected chi connectivity index (χ4v) is 1.62. The number of hydrogen-bond acceptors (Lipinski definition) is 3. The number of nitrogens with zero attached hydrogens (tertiary/aromatic N) is 3. The van der Waals surface area contributed by atoms with E-state index in [0.29, 0.717) is 17.8 Å². The van der Waals surface area contributed by atoms with Crippen LogP contribution < -0.4 is 0 Å². The minimum absolute atomic E-state index is 0.418. The molecule has 2 aliphatic rings. The third-order valence-corrected chi connectivity index (χ3v) is 2.34. The first-order valence-corrected chi connectivity index (χ1v) is 4.32. The normalized spacial score (nSPS) is 17.9. The Hall–Kier alpha value is -1.84. The molecule has 2 aliphatic heterocycles. The van der Waals surface area contributed by atoms with Gasteiger partial charge in [-0.15, -0.1) is 10.2 Å². The van der Waals surface area contributed by atoms with Crippen LogP contribution in [0.25, 0.3) is 0 Å². The Morgan fingerprint density at radius 1 is 1.14 bits per heavy atom. The van der Waals surface area contributed by atoms with Crippen molar-refractivity contribution in [3.05, 3.63) is 41.4 Å². The lowest BCUT2D eigenvalue weighted by atomic mass is 10.0. The van der Waals surface area contributed by atoms with Crippen LogP contribution in [-0.4, -0.2) is 5.84 Å². The third-order valence-electron chi connectivity index (χ3n) is 2.34. The van der Waals surface area contributed by atoms with Gasteiger partial charge in [0, 0.05) is 6.42 Å². The summed E-state index contributed by atoms with van der Waals surface area (Å²) in [7, 11) is 0. The second kappa shape index (κ2) is 2.57. The van der Waals surface area contributed by atoms with Crippen LogP contribution in [0.1, 0.15) is 5.56 Å². The SMILES string of the molecule is FC1=C2Cc3ccccc3N=C2N=N1. The zero-order valence-electron chi connectivity index (χ0n) is 7.24. The molecule has 0 N–H and O–H groups in total. The molecule has 3 nitrogen and oxygen atoms in total. The number of hydrogen-bond donors (Lipinski definition) is 0. The number of fused-ring (bicyclic) bond motifs is 2. The van der Waals surface area contributed by atoms with E-state index in [0.717, 1.165) is 11.3 Å². The lowest BCUT2D eigenvalue weighted by Crippen LogP contribution is -2.05. The fourth-order valence-electron chi connectivity index (χ4n) is 1.62. The van der Waals surface area contributed by atoms with Gasteiger partial charge in [-0.25, -0.2) is 4.99 Å². The lowest BCUT2D eigenvalue weighted by molar-refractivity contribution is 0.614. The highest BCUT2D eigenvalue weighted by Crippen LogP contribution is 2.33. The fraction of sp³-hybridized carbons (Fsp3) is 0.100. The summed E-state index contributed by atoms with van der Waals surface area (Å²) in [4.78, 5) is 4.22. The molecule has 0 amide bonds. The summed E-state index contributed by atoms with van der Waals surface area (Å²) in [6.45, 7) is 0. The molecule has 0 bridgehead atoms. The Labute approximate surface area is 79.7 Å². The highest BCUT2D eigenvalue weighted by Gasteiger charge is 2.24. The summed E-state index contributed by atoms with van der Waals surface area (Å²) in [5.41, 5.74) is 2.39. The molecule has 68 valence electrons. The largest absolute Gasteiger partial charge is 0.240 e. The number of azo groups is 1. The maximum atomic E-state index is 13.1. The van der Waals surface area contributed by atoms with Gasteiger partial charge in [0.15, 0.2) is 5.84 Å². The van der Waals surface area contributed by atoms with E-state index in [-0.39, 0.29) is 0 Å². The smallest absolute Gasteiger partial charge is 0.227 e. The van der Waals surface area contributed by atoms with E-state index in [4.69, 9.17) is 0 Å². The van der Waals surface area contributed by atoms with Crippen LogP contribution in [0.4, 0.5) is 10.1 Å². The van der Waals surface area contributed by atoms with E-state index >= 15 is 0 Å². The van der Waals surface area contributed by atoms with Crippen LogP contribution in [0.15, 0.2) is 51.0 Å². The van der Waals surface area contributed by atoms with Gasteiger partial charge in [-0.3, -0.25) is 0 Å². The summed E-state index contributed by atoms with van der Waals surface area (Å²) in [5, 5.41) is 7.03. The average Bonchev–Trinajstić information content (AvgIpc) is 2.57. The number of amidine groups is 1. The summed E-state index contributed by atoms with van der Waals surface area (Å²) >= 11 is 0. The molecule has 3 rings (SSSR count). The first kappa shape index (κ1) is 7.55. The molecule has 0 saturated heterocycles. The van der Waals surface area contributed by atoms with Crippen LogP contribution in [0.2, 0.25) is 0 Å². The van der Waals surface area contributed by atoms with Crippen LogP contribution in [0.5, 0.6) is 0 Å². The van der Waals surface area contributed by atoms with Crippen molar-refractivity contribution >= 4 is 11.5 Å². The third kappa shape index (κ3) is 0.937. The molecule has 4 heteroatoms. The molecule has 1 aromatic rings. The van der Waals surface area contributed by atoms with Crippen molar-refractivity contribution in [2.45, 2.75) is 6.42 Å². The van der Waals surface area contributed by atoms with Crippen molar-refractivity contribution in [2.75, 3.05) is 0 Å². The van der Waals surface area contributed by atoms with Crippen LogP contribution in [-0.2, 0) is 6.42 Å². The van der Waals surface area contributed by atoms with Crippen molar-refractivity contribution < 1.29 is 4.39 Å². The maximum Gasteiger partial charge on any atom is 0.240 e. The molecule has 0 radical (unpaired) electrons. The topological polar surface area (TPSA) is 37.1 Å². The van der Waals surface area contributed by atoms with Gasteiger partial charge in [0.1, 0.15) is 0 Å². The first-order valence-electron chi connectivity index (χ1n) is 4.32. The zero-order valence-corrected chi connectivity index (χ0v) is 7.24. The minimum atomic E-state index is -0.502. The molecule has 0 aliphatic carbocycles. The van der Waals surface area contributed by atoms with Crippen molar-refractivity contribution in [1.29, 1.82) is 0 Å². The maximum absolute atomic E-state index is 13.1. The molecule has 1 aromatic carbocycles. The number of halogens is 1. The van der Waals surface area contributed by atoms with Crippen molar-refractivity contribution in [3.8, 4) is 0 Å². The van der Waals surface area contributed by atoms with Crippen molar-refractivity contribution in [3.63, 3.8) is 0 Å². The number of rotatable bonds is 0. The van der Waals surface area contributed by atoms with E-state index in [9.17, 15) is 4.39 Å². The van der Waals surface area contributed by atoms with Gasteiger partial charge < -0.3 is 0 Å². The van der Waals surface area contributed by atoms with Gasteiger partial charge >= 0.3 is 0 Å². The van der Waals surface area contributed by atoms with Gasteiger partial charge in [-0.2, -0.15) is 4.39 Å². The Bertz CT molecular complexity index is 500. The van der Waals surface area contributed by atoms with Gasteiger partial charge in [0.25, 0.3) is 0 Å². The first-order chi connectivity index (χ1) is 6.84. The monoisotopic (exact) mass is 187 g/mol. The van der Waals surface area contributed by atoms with E-state index in [1.165, 1.54) is 0 Å². The Balaban J connectivity index is 2.21. The molecule has 14 heavy (non-hydrogen) atoms. The van der Waals surface area contributed by atoms with E-state index in [1.54, 1.807) is 0 Å². The van der Waals surface area contributed by atoms with E-state index in [1.807, 2.05) is 24.3 Å². The summed E-state index contributed by atoms with van der Waals surface area (Å²) in [5.74, 6) is -0.0838. The second-order valence-corrected chi connectivity index (χ2v) is 3.21. The molecule has 0 atom stereocenters. The van der Waals surface area contributed by atoms with E-state index < -0.39 is 5.95 Å².